The van der Waals surface area contributed by atoms with Gasteiger partial charge in [-0.2, -0.15) is 0 Å². The number of halogens is 1. The number of anilines is 1. The first-order valence-electron chi connectivity index (χ1n) is 6.92. The van der Waals surface area contributed by atoms with Crippen LogP contribution in [-0.2, 0) is 4.79 Å². The van der Waals surface area contributed by atoms with Crippen molar-refractivity contribution < 1.29 is 9.18 Å². The molecule has 2 unspecified atom stereocenters. The van der Waals surface area contributed by atoms with Crippen LogP contribution >= 0.6 is 0 Å². The van der Waals surface area contributed by atoms with Gasteiger partial charge in [0.05, 0.1) is 11.7 Å². The van der Waals surface area contributed by atoms with Crippen LogP contribution in [0, 0.1) is 11.7 Å². The van der Waals surface area contributed by atoms with E-state index in [-0.39, 0.29) is 17.8 Å². The number of nitrogens with zero attached hydrogens (tertiary/aromatic N) is 1. The Kier molecular flexibility index (Phi) is 4.53. The van der Waals surface area contributed by atoms with Crippen LogP contribution in [0.2, 0.25) is 0 Å². The van der Waals surface area contributed by atoms with Crippen LogP contribution in [0.4, 0.5) is 10.1 Å². The molecule has 1 aromatic rings. The van der Waals surface area contributed by atoms with Crippen LogP contribution in [0.3, 0.4) is 0 Å². The summed E-state index contributed by atoms with van der Waals surface area (Å²) in [6.07, 6.45) is 1.92. The van der Waals surface area contributed by atoms with Gasteiger partial charge in [0.25, 0.3) is 0 Å². The molecule has 0 aromatic heterocycles. The summed E-state index contributed by atoms with van der Waals surface area (Å²) in [7, 11) is 0. The molecule has 1 saturated heterocycles. The monoisotopic (exact) mass is 264 g/mol. The second-order valence-corrected chi connectivity index (χ2v) is 5.17. The Balaban J connectivity index is 2.17. The zero-order valence-electron chi connectivity index (χ0n) is 11.5. The molecule has 19 heavy (non-hydrogen) atoms. The summed E-state index contributed by atoms with van der Waals surface area (Å²) in [5.74, 6) is 0.162. The summed E-state index contributed by atoms with van der Waals surface area (Å²) in [4.78, 5) is 14.1. The van der Waals surface area contributed by atoms with Gasteiger partial charge < -0.3 is 10.2 Å². The smallest absolute Gasteiger partial charge is 0.244 e. The van der Waals surface area contributed by atoms with Crippen molar-refractivity contribution >= 4 is 11.6 Å². The number of carbonyl (C=O) groups excluding carboxylic acids is 1. The first kappa shape index (κ1) is 14.0. The molecule has 3 nitrogen and oxygen atoms in total. The Hall–Kier alpha value is -1.42. The Bertz CT molecular complexity index is 450. The van der Waals surface area contributed by atoms with Crippen LogP contribution < -0.4 is 10.2 Å². The van der Waals surface area contributed by atoms with Gasteiger partial charge in [-0.3, -0.25) is 4.79 Å². The fraction of sp³-hybridized carbons (Fsp3) is 0.533. The van der Waals surface area contributed by atoms with E-state index in [0.29, 0.717) is 18.2 Å². The van der Waals surface area contributed by atoms with Gasteiger partial charge in [0, 0.05) is 6.54 Å². The number of piperidine rings is 1. The predicted octanol–water partition coefficient (Wildman–Crippen LogP) is 2.57. The highest BCUT2D eigenvalue weighted by atomic mass is 19.1. The molecule has 1 aliphatic heterocycles. The Morgan fingerprint density at radius 2 is 2.21 bits per heavy atom. The maximum atomic E-state index is 13.8. The quantitative estimate of drug-likeness (QED) is 0.910. The minimum absolute atomic E-state index is 0.0286. The summed E-state index contributed by atoms with van der Waals surface area (Å²) in [6.45, 7) is 5.36. The number of hydrogen-bond donors (Lipinski definition) is 1. The molecule has 2 rings (SSSR count). The molecule has 1 aromatic carbocycles. The van der Waals surface area contributed by atoms with Crippen molar-refractivity contribution in [2.75, 3.05) is 18.0 Å². The molecule has 0 bridgehead atoms. The lowest BCUT2D eigenvalue weighted by Gasteiger charge is -2.32. The molecule has 1 heterocycles. The van der Waals surface area contributed by atoms with Crippen molar-refractivity contribution in [3.05, 3.63) is 30.1 Å². The van der Waals surface area contributed by atoms with Gasteiger partial charge in [-0.05, 0) is 44.4 Å². The van der Waals surface area contributed by atoms with E-state index in [1.807, 2.05) is 6.92 Å². The van der Waals surface area contributed by atoms with Crippen LogP contribution in [0.1, 0.15) is 26.7 Å². The minimum Gasteiger partial charge on any atom is -0.309 e. The van der Waals surface area contributed by atoms with Crippen LogP contribution in [0.15, 0.2) is 24.3 Å². The summed E-state index contributed by atoms with van der Waals surface area (Å²) in [5.41, 5.74) is 0.370. The summed E-state index contributed by atoms with van der Waals surface area (Å²) in [5, 5.41) is 3.24. The third kappa shape index (κ3) is 3.13. The Labute approximate surface area is 113 Å². The average Bonchev–Trinajstić information content (AvgIpc) is 2.41. The van der Waals surface area contributed by atoms with Crippen LogP contribution in [0.5, 0.6) is 0 Å². The van der Waals surface area contributed by atoms with Gasteiger partial charge in [0.2, 0.25) is 5.91 Å². The predicted molar refractivity (Wildman–Crippen MR) is 74.6 cm³/mol. The molecule has 1 N–H and O–H groups in total. The number of benzene rings is 1. The molecule has 1 aliphatic rings. The lowest BCUT2D eigenvalue weighted by molar-refractivity contribution is -0.121. The Morgan fingerprint density at radius 1 is 1.47 bits per heavy atom. The van der Waals surface area contributed by atoms with Crippen LogP contribution in [-0.4, -0.2) is 25.0 Å². The van der Waals surface area contributed by atoms with E-state index >= 15 is 0 Å². The number of nitrogens with one attached hydrogen (secondary N) is 1. The van der Waals surface area contributed by atoms with E-state index in [0.717, 1.165) is 19.4 Å². The summed E-state index contributed by atoms with van der Waals surface area (Å²) in [6, 6.07) is 6.25. The lowest BCUT2D eigenvalue weighted by atomic mass is 9.93. The van der Waals surface area contributed by atoms with E-state index in [1.165, 1.54) is 11.0 Å². The van der Waals surface area contributed by atoms with Crippen molar-refractivity contribution in [3.8, 4) is 0 Å². The van der Waals surface area contributed by atoms with E-state index in [4.69, 9.17) is 0 Å². The summed E-state index contributed by atoms with van der Waals surface area (Å²) >= 11 is 0. The molecule has 0 spiro atoms. The normalized spacial score (nSPS) is 23.1. The maximum absolute atomic E-state index is 13.8. The second-order valence-electron chi connectivity index (χ2n) is 5.17. The third-order valence-electron chi connectivity index (χ3n) is 3.69. The lowest BCUT2D eigenvalue weighted by Crippen LogP contribution is -2.50. The second kappa shape index (κ2) is 6.15. The van der Waals surface area contributed by atoms with E-state index in [1.54, 1.807) is 18.2 Å². The number of para-hydroxylation sites is 1. The molecule has 0 saturated carbocycles. The highest BCUT2D eigenvalue weighted by molar-refractivity contribution is 5.97. The van der Waals surface area contributed by atoms with Crippen molar-refractivity contribution in [1.82, 2.24) is 5.32 Å². The van der Waals surface area contributed by atoms with Crippen molar-refractivity contribution in [1.29, 1.82) is 0 Å². The van der Waals surface area contributed by atoms with E-state index in [9.17, 15) is 9.18 Å². The Morgan fingerprint density at radius 3 is 2.84 bits per heavy atom. The number of carbonyl (C=O) groups is 1. The third-order valence-corrected chi connectivity index (χ3v) is 3.69. The molecule has 0 radical (unpaired) electrons. The zero-order chi connectivity index (χ0) is 13.8. The number of likely N-dealkylation sites (N-methyl/N-ethyl adjacent to an activating group) is 1. The standard InChI is InChI=1S/C15H21FN2O/c1-3-18(14-7-5-4-6-12(14)16)15(19)13-10-11(2)8-9-17-13/h4-7,11,13,17H,3,8-10H2,1-2H3. The average molecular weight is 264 g/mol. The SMILES string of the molecule is CCN(C(=O)C1CC(C)CCN1)c1ccccc1F. The van der Waals surface area contributed by atoms with Gasteiger partial charge >= 0.3 is 0 Å². The largest absolute Gasteiger partial charge is 0.309 e. The van der Waals surface area contributed by atoms with Gasteiger partial charge in [0.1, 0.15) is 5.82 Å². The topological polar surface area (TPSA) is 32.3 Å². The number of amides is 1. The van der Waals surface area contributed by atoms with Gasteiger partial charge in [0.15, 0.2) is 0 Å². The van der Waals surface area contributed by atoms with Gasteiger partial charge in [-0.15, -0.1) is 0 Å². The van der Waals surface area contributed by atoms with Gasteiger partial charge in [-0.25, -0.2) is 4.39 Å². The molecule has 2 atom stereocenters. The van der Waals surface area contributed by atoms with Crippen LogP contribution in [0.25, 0.3) is 0 Å². The molecular weight excluding hydrogens is 243 g/mol. The van der Waals surface area contributed by atoms with Crippen molar-refractivity contribution in [2.24, 2.45) is 5.92 Å². The highest BCUT2D eigenvalue weighted by Crippen LogP contribution is 2.22. The minimum atomic E-state index is -0.346. The van der Waals surface area contributed by atoms with Crippen molar-refractivity contribution in [2.45, 2.75) is 32.7 Å². The van der Waals surface area contributed by atoms with E-state index in [2.05, 4.69) is 12.2 Å². The fourth-order valence-corrected chi connectivity index (χ4v) is 2.60. The van der Waals surface area contributed by atoms with Crippen molar-refractivity contribution in [3.63, 3.8) is 0 Å². The molecule has 4 heteroatoms. The summed E-state index contributed by atoms with van der Waals surface area (Å²) < 4.78 is 13.8. The zero-order valence-corrected chi connectivity index (χ0v) is 11.5. The highest BCUT2D eigenvalue weighted by Gasteiger charge is 2.29. The first-order valence-corrected chi connectivity index (χ1v) is 6.92. The number of hydrogen-bond acceptors (Lipinski definition) is 2. The molecule has 1 amide bonds. The molecule has 104 valence electrons. The van der Waals surface area contributed by atoms with E-state index < -0.39 is 0 Å². The van der Waals surface area contributed by atoms with Gasteiger partial charge in [-0.1, -0.05) is 19.1 Å². The first-order chi connectivity index (χ1) is 9.13. The fourth-order valence-electron chi connectivity index (χ4n) is 2.60. The molecular formula is C15H21FN2O. The maximum Gasteiger partial charge on any atom is 0.244 e. The number of rotatable bonds is 3. The molecule has 1 fully saturated rings. The molecule has 0 aliphatic carbocycles.